The maximum absolute atomic E-state index is 5.08. The van der Waals surface area contributed by atoms with Gasteiger partial charge in [-0.1, -0.05) is 91.0 Å². The van der Waals surface area contributed by atoms with Crippen molar-refractivity contribution in [2.24, 2.45) is 0 Å². The zero-order valence-electron chi connectivity index (χ0n) is 24.3. The van der Waals surface area contributed by atoms with Crippen molar-refractivity contribution < 1.29 is 0 Å². The van der Waals surface area contributed by atoms with Gasteiger partial charge in [0.2, 0.25) is 0 Å². The number of aromatic nitrogens is 5. The third-order valence-corrected chi connectivity index (χ3v) is 8.03. The van der Waals surface area contributed by atoms with Crippen molar-refractivity contribution in [2.75, 3.05) is 0 Å². The standard InChI is InChI=1S/C40H27N5/c1-2-9-28(10-3-1)32-14-6-18-37(23-32)45-43-39-25-36(31-13-4-11-29(21-31)34-16-7-19-41-26-34)24-38(40(39)44-45)33-15-5-12-30(22-33)35-17-8-20-42-27-35/h1-27H. The Morgan fingerprint density at radius 2 is 0.933 bits per heavy atom. The fourth-order valence-corrected chi connectivity index (χ4v) is 5.77. The predicted octanol–water partition coefficient (Wildman–Crippen LogP) is 9.55. The fourth-order valence-electron chi connectivity index (χ4n) is 5.77. The van der Waals surface area contributed by atoms with Gasteiger partial charge in [-0.15, -0.1) is 10.2 Å². The third-order valence-electron chi connectivity index (χ3n) is 8.03. The van der Waals surface area contributed by atoms with Crippen LogP contribution in [0.3, 0.4) is 0 Å². The molecule has 0 saturated heterocycles. The van der Waals surface area contributed by atoms with Gasteiger partial charge in [0.15, 0.2) is 0 Å². The smallest absolute Gasteiger partial charge is 0.121 e. The summed E-state index contributed by atoms with van der Waals surface area (Å²) in [7, 11) is 0. The monoisotopic (exact) mass is 577 g/mol. The Bertz CT molecular complexity index is 2260. The maximum Gasteiger partial charge on any atom is 0.121 e. The van der Waals surface area contributed by atoms with E-state index in [4.69, 9.17) is 10.2 Å². The number of pyridine rings is 2. The van der Waals surface area contributed by atoms with Gasteiger partial charge in [0.1, 0.15) is 11.0 Å². The van der Waals surface area contributed by atoms with Gasteiger partial charge in [-0.3, -0.25) is 9.97 Å². The zero-order chi connectivity index (χ0) is 30.0. The fraction of sp³-hybridized carbons (Fsp3) is 0. The van der Waals surface area contributed by atoms with E-state index in [1.54, 1.807) is 17.2 Å². The van der Waals surface area contributed by atoms with Crippen molar-refractivity contribution in [1.29, 1.82) is 0 Å². The van der Waals surface area contributed by atoms with E-state index in [-0.39, 0.29) is 0 Å². The van der Waals surface area contributed by atoms with Crippen LogP contribution in [0, 0.1) is 0 Å². The van der Waals surface area contributed by atoms with E-state index < -0.39 is 0 Å². The molecule has 0 N–H and O–H groups in total. The summed E-state index contributed by atoms with van der Waals surface area (Å²) < 4.78 is 0. The number of hydrogen-bond acceptors (Lipinski definition) is 4. The molecule has 0 aliphatic heterocycles. The Hall–Kier alpha value is -6.20. The quantitative estimate of drug-likeness (QED) is 0.197. The van der Waals surface area contributed by atoms with Crippen LogP contribution in [0.2, 0.25) is 0 Å². The molecule has 5 aromatic carbocycles. The highest BCUT2D eigenvalue weighted by Gasteiger charge is 2.16. The first-order chi connectivity index (χ1) is 22.3. The van der Waals surface area contributed by atoms with E-state index in [2.05, 4.69) is 125 Å². The minimum atomic E-state index is 0.825. The molecule has 5 nitrogen and oxygen atoms in total. The van der Waals surface area contributed by atoms with Crippen LogP contribution >= 0.6 is 0 Å². The lowest BCUT2D eigenvalue weighted by atomic mass is 9.94. The van der Waals surface area contributed by atoms with Crippen molar-refractivity contribution in [1.82, 2.24) is 25.0 Å². The highest BCUT2D eigenvalue weighted by molar-refractivity contribution is 5.96. The summed E-state index contributed by atoms with van der Waals surface area (Å²) in [4.78, 5) is 10.4. The van der Waals surface area contributed by atoms with Crippen molar-refractivity contribution in [2.45, 2.75) is 0 Å². The molecule has 0 aliphatic rings. The first kappa shape index (κ1) is 26.4. The van der Waals surface area contributed by atoms with Crippen molar-refractivity contribution in [3.63, 3.8) is 0 Å². The Morgan fingerprint density at radius 3 is 1.60 bits per heavy atom. The predicted molar refractivity (Wildman–Crippen MR) is 182 cm³/mol. The second kappa shape index (κ2) is 11.5. The maximum atomic E-state index is 5.08. The van der Waals surface area contributed by atoms with E-state index in [9.17, 15) is 0 Å². The van der Waals surface area contributed by atoms with Gasteiger partial charge in [-0.05, 0) is 87.5 Å². The number of benzene rings is 5. The van der Waals surface area contributed by atoms with Gasteiger partial charge in [-0.25, -0.2) is 0 Å². The van der Waals surface area contributed by atoms with Gasteiger partial charge in [0.05, 0.1) is 5.69 Å². The minimum Gasteiger partial charge on any atom is -0.264 e. The lowest BCUT2D eigenvalue weighted by Crippen LogP contribution is -1.98. The molecule has 0 radical (unpaired) electrons. The lowest BCUT2D eigenvalue weighted by molar-refractivity contribution is 0.766. The van der Waals surface area contributed by atoms with Crippen LogP contribution in [0.4, 0.5) is 0 Å². The molecule has 3 heterocycles. The van der Waals surface area contributed by atoms with Crippen LogP contribution < -0.4 is 0 Å². The molecule has 45 heavy (non-hydrogen) atoms. The molecule has 0 bridgehead atoms. The highest BCUT2D eigenvalue weighted by atomic mass is 15.5. The Balaban J connectivity index is 1.30. The van der Waals surface area contributed by atoms with E-state index in [0.29, 0.717) is 0 Å². The normalized spacial score (nSPS) is 11.1. The van der Waals surface area contributed by atoms with Crippen LogP contribution in [-0.4, -0.2) is 25.0 Å². The minimum absolute atomic E-state index is 0.825. The van der Waals surface area contributed by atoms with Gasteiger partial charge in [0.25, 0.3) is 0 Å². The highest BCUT2D eigenvalue weighted by Crippen LogP contribution is 2.36. The van der Waals surface area contributed by atoms with E-state index in [0.717, 1.165) is 72.4 Å². The molecule has 8 rings (SSSR count). The first-order valence-electron chi connectivity index (χ1n) is 14.9. The van der Waals surface area contributed by atoms with Gasteiger partial charge in [0, 0.05) is 41.5 Å². The number of nitrogens with zero attached hydrogens (tertiary/aromatic N) is 5. The Kier molecular flexibility index (Phi) is 6.74. The summed E-state index contributed by atoms with van der Waals surface area (Å²) in [5.41, 5.74) is 13.5. The second-order valence-electron chi connectivity index (χ2n) is 10.9. The number of rotatable bonds is 6. The lowest BCUT2D eigenvalue weighted by Gasteiger charge is -2.10. The van der Waals surface area contributed by atoms with Gasteiger partial charge < -0.3 is 0 Å². The van der Waals surface area contributed by atoms with Crippen LogP contribution in [-0.2, 0) is 0 Å². The van der Waals surface area contributed by atoms with Crippen molar-refractivity contribution in [3.05, 3.63) is 164 Å². The SMILES string of the molecule is c1ccc(-c2cccc(-n3nc4cc(-c5cccc(-c6cccnc6)c5)cc(-c5cccc(-c6cccnc6)c5)c4n3)c2)cc1. The van der Waals surface area contributed by atoms with Crippen molar-refractivity contribution in [3.8, 4) is 61.3 Å². The van der Waals surface area contributed by atoms with E-state index >= 15 is 0 Å². The molecule has 0 spiro atoms. The second-order valence-corrected chi connectivity index (χ2v) is 10.9. The first-order valence-corrected chi connectivity index (χ1v) is 14.9. The van der Waals surface area contributed by atoms with Gasteiger partial charge >= 0.3 is 0 Å². The Labute approximate surface area is 261 Å². The number of hydrogen-bond donors (Lipinski definition) is 0. The average molecular weight is 578 g/mol. The molecule has 0 fully saturated rings. The molecule has 0 amide bonds. The third kappa shape index (κ3) is 5.28. The summed E-state index contributed by atoms with van der Waals surface area (Å²) in [6.45, 7) is 0. The molecule has 212 valence electrons. The van der Waals surface area contributed by atoms with E-state index in [1.807, 2.05) is 36.7 Å². The molecule has 8 aromatic rings. The number of fused-ring (bicyclic) bond motifs is 1. The average Bonchev–Trinajstić information content (AvgIpc) is 3.57. The summed E-state index contributed by atoms with van der Waals surface area (Å²) >= 11 is 0. The van der Waals surface area contributed by atoms with E-state index in [1.165, 1.54) is 0 Å². The van der Waals surface area contributed by atoms with Crippen LogP contribution in [0.1, 0.15) is 0 Å². The summed E-state index contributed by atoms with van der Waals surface area (Å²) in [6, 6.07) is 48.3. The summed E-state index contributed by atoms with van der Waals surface area (Å²) in [5.74, 6) is 0. The molecular formula is C40H27N5. The molecule has 5 heteroatoms. The molecular weight excluding hydrogens is 550 g/mol. The largest absolute Gasteiger partial charge is 0.264 e. The van der Waals surface area contributed by atoms with Gasteiger partial charge in [-0.2, -0.15) is 4.80 Å². The van der Waals surface area contributed by atoms with Crippen LogP contribution in [0.5, 0.6) is 0 Å². The molecule has 0 aliphatic carbocycles. The summed E-state index contributed by atoms with van der Waals surface area (Å²) in [6.07, 6.45) is 7.38. The zero-order valence-corrected chi connectivity index (χ0v) is 24.3. The molecule has 3 aromatic heterocycles. The topological polar surface area (TPSA) is 56.5 Å². The Morgan fingerprint density at radius 1 is 0.378 bits per heavy atom. The van der Waals surface area contributed by atoms with Crippen molar-refractivity contribution >= 4 is 11.0 Å². The molecule has 0 unspecified atom stereocenters. The summed E-state index contributed by atoms with van der Waals surface area (Å²) in [5, 5.41) is 10.1. The van der Waals surface area contributed by atoms with Crippen LogP contribution in [0.15, 0.2) is 164 Å². The molecule has 0 saturated carbocycles. The molecule has 0 atom stereocenters. The van der Waals surface area contributed by atoms with Crippen LogP contribution in [0.25, 0.3) is 72.4 Å².